The van der Waals surface area contributed by atoms with Gasteiger partial charge in [0.15, 0.2) is 0 Å². The molecule has 0 radical (unpaired) electrons. The van der Waals surface area contributed by atoms with E-state index in [4.69, 9.17) is 5.11 Å². The van der Waals surface area contributed by atoms with E-state index in [1.165, 1.54) is 0 Å². The minimum atomic E-state index is -0.180. The summed E-state index contributed by atoms with van der Waals surface area (Å²) in [6, 6.07) is 0.530. The Kier molecular flexibility index (Phi) is 6.92. The molecule has 1 aliphatic rings. The number of unbranched alkanes of at least 4 members (excludes halogenated alkanes) is 2. The summed E-state index contributed by atoms with van der Waals surface area (Å²) >= 11 is 0. The van der Waals surface area contributed by atoms with Gasteiger partial charge >= 0.3 is 0 Å². The molecule has 0 aromatic rings. The fourth-order valence-electron chi connectivity index (χ4n) is 2.34. The van der Waals surface area contributed by atoms with Gasteiger partial charge in [-0.3, -0.25) is 9.29 Å². The maximum Gasteiger partial charge on any atom is 0.0894 e. The predicted molar refractivity (Wildman–Crippen MR) is 64.4 cm³/mol. The third-order valence-corrected chi connectivity index (χ3v) is 3.34. The number of alkyl halides is 1. The normalized spacial score (nSPS) is 23.8. The van der Waals surface area contributed by atoms with E-state index >= 15 is 0 Å². The first kappa shape index (κ1) is 13.9. The van der Waals surface area contributed by atoms with Gasteiger partial charge in [0.1, 0.15) is 0 Å². The molecule has 1 rings (SSSR count). The number of aliphatic hydroxyl groups excluding tert-OH is 1. The summed E-state index contributed by atoms with van der Waals surface area (Å²) in [7, 11) is 0. The Morgan fingerprint density at radius 3 is 2.62 bits per heavy atom. The molecule has 0 aromatic heterocycles. The Labute approximate surface area is 98.2 Å². The maximum atomic E-state index is 11.9. The van der Waals surface area contributed by atoms with Crippen LogP contribution in [0.15, 0.2) is 0 Å². The second kappa shape index (κ2) is 7.98. The molecular formula is C12H25FN2O. The first-order valence-electron chi connectivity index (χ1n) is 6.41. The molecule has 0 unspecified atom stereocenters. The highest BCUT2D eigenvalue weighted by molar-refractivity contribution is 4.78. The van der Waals surface area contributed by atoms with Crippen molar-refractivity contribution in [1.29, 1.82) is 0 Å². The van der Waals surface area contributed by atoms with Crippen LogP contribution in [-0.4, -0.2) is 67.0 Å². The third kappa shape index (κ3) is 4.76. The molecule has 16 heavy (non-hydrogen) atoms. The highest BCUT2D eigenvalue weighted by Gasteiger charge is 2.22. The summed E-state index contributed by atoms with van der Waals surface area (Å²) in [5.74, 6) is 0. The second-order valence-electron chi connectivity index (χ2n) is 4.66. The Hall–Kier alpha value is -0.190. The molecule has 1 fully saturated rings. The van der Waals surface area contributed by atoms with Crippen LogP contribution in [0.4, 0.5) is 4.39 Å². The molecule has 0 aliphatic carbocycles. The van der Waals surface area contributed by atoms with Gasteiger partial charge in [0, 0.05) is 32.2 Å². The van der Waals surface area contributed by atoms with E-state index in [2.05, 4.69) is 16.7 Å². The molecule has 4 heteroatoms. The zero-order chi connectivity index (χ0) is 11.8. The summed E-state index contributed by atoms with van der Waals surface area (Å²) < 4.78 is 11.9. The summed E-state index contributed by atoms with van der Waals surface area (Å²) in [6.45, 7) is 7.37. The number of rotatable bonds is 7. The Balaban J connectivity index is 2.13. The number of hydrogen-bond donors (Lipinski definition) is 1. The van der Waals surface area contributed by atoms with E-state index in [1.54, 1.807) is 0 Å². The zero-order valence-electron chi connectivity index (χ0n) is 10.4. The monoisotopic (exact) mass is 232 g/mol. The largest absolute Gasteiger partial charge is 0.395 e. The minimum absolute atomic E-state index is 0.180. The van der Waals surface area contributed by atoms with Gasteiger partial charge in [-0.25, -0.2) is 0 Å². The van der Waals surface area contributed by atoms with Crippen molar-refractivity contribution < 1.29 is 9.50 Å². The molecule has 0 aromatic carbocycles. The van der Waals surface area contributed by atoms with Crippen LogP contribution in [-0.2, 0) is 0 Å². The van der Waals surface area contributed by atoms with E-state index in [0.29, 0.717) is 12.5 Å². The van der Waals surface area contributed by atoms with Crippen LogP contribution in [0.3, 0.4) is 0 Å². The van der Waals surface area contributed by atoms with Gasteiger partial charge in [-0.2, -0.15) is 0 Å². The third-order valence-electron chi connectivity index (χ3n) is 3.34. The average Bonchev–Trinajstić information content (AvgIpc) is 2.28. The van der Waals surface area contributed by atoms with Gasteiger partial charge in [-0.1, -0.05) is 0 Å². The maximum absolute atomic E-state index is 11.9. The number of β-amino-alcohol motifs (C(OH)–C–C–N with tert-alkyl or cyclic N) is 1. The molecule has 0 amide bonds. The number of piperazine rings is 1. The van der Waals surface area contributed by atoms with Gasteiger partial charge in [-0.05, 0) is 32.7 Å². The van der Waals surface area contributed by atoms with E-state index in [1.807, 2.05) is 0 Å². The number of aliphatic hydroxyl groups is 1. The molecule has 0 spiro atoms. The van der Waals surface area contributed by atoms with Crippen molar-refractivity contribution in [2.24, 2.45) is 0 Å². The smallest absolute Gasteiger partial charge is 0.0894 e. The second-order valence-corrected chi connectivity index (χ2v) is 4.66. The van der Waals surface area contributed by atoms with Crippen LogP contribution < -0.4 is 0 Å². The molecule has 1 N–H and O–H groups in total. The Bertz CT molecular complexity index is 178. The van der Waals surface area contributed by atoms with Crippen molar-refractivity contribution in [2.75, 3.05) is 46.0 Å². The molecule has 1 saturated heterocycles. The van der Waals surface area contributed by atoms with Crippen LogP contribution in [0, 0.1) is 0 Å². The molecule has 1 heterocycles. The Morgan fingerprint density at radius 2 is 2.00 bits per heavy atom. The Morgan fingerprint density at radius 1 is 1.19 bits per heavy atom. The molecule has 1 aliphatic heterocycles. The average molecular weight is 232 g/mol. The fourth-order valence-corrected chi connectivity index (χ4v) is 2.34. The molecule has 1 atom stereocenters. The molecule has 96 valence electrons. The van der Waals surface area contributed by atoms with E-state index < -0.39 is 0 Å². The van der Waals surface area contributed by atoms with Gasteiger partial charge in [-0.15, -0.1) is 0 Å². The van der Waals surface area contributed by atoms with Crippen molar-refractivity contribution in [2.45, 2.75) is 32.2 Å². The van der Waals surface area contributed by atoms with E-state index in [-0.39, 0.29) is 13.3 Å². The van der Waals surface area contributed by atoms with Crippen LogP contribution in [0.25, 0.3) is 0 Å². The van der Waals surface area contributed by atoms with Crippen LogP contribution in [0.1, 0.15) is 26.2 Å². The van der Waals surface area contributed by atoms with Gasteiger partial charge in [0.25, 0.3) is 0 Å². The SMILES string of the molecule is C[C@H]1CN(CCCCCF)CCN1CCO. The lowest BCUT2D eigenvalue weighted by atomic mass is 10.1. The van der Waals surface area contributed by atoms with Crippen molar-refractivity contribution in [3.63, 3.8) is 0 Å². The molecule has 0 bridgehead atoms. The van der Waals surface area contributed by atoms with Gasteiger partial charge in [0.2, 0.25) is 0 Å². The minimum Gasteiger partial charge on any atom is -0.395 e. The summed E-state index contributed by atoms with van der Waals surface area (Å²) in [6.07, 6.45) is 2.82. The standard InChI is InChI=1S/C12H25FN2O/c1-12-11-14(6-4-2-3-5-13)7-8-15(12)9-10-16/h12,16H,2-11H2,1H3/t12-/m0/s1. The highest BCUT2D eigenvalue weighted by atomic mass is 19.1. The fraction of sp³-hybridized carbons (Fsp3) is 1.00. The van der Waals surface area contributed by atoms with Crippen molar-refractivity contribution >= 4 is 0 Å². The van der Waals surface area contributed by atoms with Crippen molar-refractivity contribution in [3.8, 4) is 0 Å². The molecule has 3 nitrogen and oxygen atoms in total. The van der Waals surface area contributed by atoms with Gasteiger partial charge < -0.3 is 10.0 Å². The lowest BCUT2D eigenvalue weighted by Crippen LogP contribution is -2.52. The molecule has 0 saturated carbocycles. The van der Waals surface area contributed by atoms with Crippen LogP contribution in [0.2, 0.25) is 0 Å². The number of nitrogens with zero attached hydrogens (tertiary/aromatic N) is 2. The lowest BCUT2D eigenvalue weighted by Gasteiger charge is -2.39. The van der Waals surface area contributed by atoms with Crippen molar-refractivity contribution in [1.82, 2.24) is 9.80 Å². The van der Waals surface area contributed by atoms with E-state index in [9.17, 15) is 4.39 Å². The first-order valence-corrected chi connectivity index (χ1v) is 6.41. The first-order chi connectivity index (χ1) is 7.77. The van der Waals surface area contributed by atoms with Crippen LogP contribution >= 0.6 is 0 Å². The molecular weight excluding hydrogens is 207 g/mol. The van der Waals surface area contributed by atoms with Crippen LogP contribution in [0.5, 0.6) is 0 Å². The van der Waals surface area contributed by atoms with E-state index in [0.717, 1.165) is 45.6 Å². The number of hydrogen-bond acceptors (Lipinski definition) is 3. The lowest BCUT2D eigenvalue weighted by molar-refractivity contribution is 0.0676. The van der Waals surface area contributed by atoms with Crippen molar-refractivity contribution in [3.05, 3.63) is 0 Å². The topological polar surface area (TPSA) is 26.7 Å². The summed E-state index contributed by atoms with van der Waals surface area (Å²) in [4.78, 5) is 4.79. The quantitative estimate of drug-likeness (QED) is 0.667. The summed E-state index contributed by atoms with van der Waals surface area (Å²) in [5, 5.41) is 8.91. The highest BCUT2D eigenvalue weighted by Crippen LogP contribution is 2.10. The summed E-state index contributed by atoms with van der Waals surface area (Å²) in [5.41, 5.74) is 0. The van der Waals surface area contributed by atoms with Gasteiger partial charge in [0.05, 0.1) is 13.3 Å². The predicted octanol–water partition coefficient (Wildman–Crippen LogP) is 1.12. The zero-order valence-corrected chi connectivity index (χ0v) is 10.4. The number of halogens is 1.